The van der Waals surface area contributed by atoms with Gasteiger partial charge in [0.05, 0.1) is 6.61 Å². The zero-order valence-corrected chi connectivity index (χ0v) is 11.1. The quantitative estimate of drug-likeness (QED) is 0.810. The van der Waals surface area contributed by atoms with Crippen LogP contribution in [0.1, 0.15) is 56.6 Å². The van der Waals surface area contributed by atoms with Crippen molar-refractivity contribution in [2.24, 2.45) is 0 Å². The summed E-state index contributed by atoms with van der Waals surface area (Å²) >= 11 is 0. The third kappa shape index (κ3) is 3.63. The van der Waals surface area contributed by atoms with Gasteiger partial charge in [0.2, 0.25) is 5.95 Å². The van der Waals surface area contributed by atoms with Gasteiger partial charge in [-0.3, -0.25) is 0 Å². The number of rotatable bonds is 5. The molecule has 0 amide bonds. The lowest BCUT2D eigenvalue weighted by Crippen LogP contribution is -2.14. The lowest BCUT2D eigenvalue weighted by atomic mass is 9.89. The third-order valence-corrected chi connectivity index (χ3v) is 3.36. The average molecular weight is 250 g/mol. The van der Waals surface area contributed by atoms with Crippen LogP contribution in [0.3, 0.4) is 0 Å². The van der Waals surface area contributed by atoms with Crippen molar-refractivity contribution in [3.8, 4) is 0 Å². The summed E-state index contributed by atoms with van der Waals surface area (Å²) in [6.45, 7) is 3.34. The predicted octanol–water partition coefficient (Wildman–Crippen LogP) is 2.08. The minimum atomic E-state index is 0.345. The van der Waals surface area contributed by atoms with Gasteiger partial charge in [-0.1, -0.05) is 19.3 Å². The Hall–Kier alpha value is -1.23. The van der Waals surface area contributed by atoms with Gasteiger partial charge >= 0.3 is 0 Å². The van der Waals surface area contributed by atoms with Gasteiger partial charge < -0.3 is 10.5 Å². The normalized spacial score (nSPS) is 16.9. The summed E-state index contributed by atoms with van der Waals surface area (Å²) < 4.78 is 5.32. The van der Waals surface area contributed by atoms with E-state index in [1.54, 1.807) is 0 Å². The number of hydrogen-bond acceptors (Lipinski definition) is 5. The molecule has 1 aromatic heterocycles. The van der Waals surface area contributed by atoms with Crippen molar-refractivity contribution < 1.29 is 4.74 Å². The van der Waals surface area contributed by atoms with Crippen LogP contribution in [0.4, 0.5) is 5.95 Å². The monoisotopic (exact) mass is 250 g/mol. The number of nitrogens with zero attached hydrogens (tertiary/aromatic N) is 3. The van der Waals surface area contributed by atoms with E-state index in [4.69, 9.17) is 10.5 Å². The first-order chi connectivity index (χ1) is 8.79. The summed E-state index contributed by atoms with van der Waals surface area (Å²) in [6, 6.07) is 0. The van der Waals surface area contributed by atoms with Gasteiger partial charge in [0.25, 0.3) is 0 Å². The number of nitrogens with two attached hydrogens (primary N) is 1. The number of hydrogen-bond donors (Lipinski definition) is 1. The molecule has 1 fully saturated rings. The van der Waals surface area contributed by atoms with E-state index in [9.17, 15) is 0 Å². The number of ether oxygens (including phenoxy) is 1. The smallest absolute Gasteiger partial charge is 0.223 e. The Kier molecular flexibility index (Phi) is 4.87. The Balaban J connectivity index is 2.05. The van der Waals surface area contributed by atoms with Crippen LogP contribution in [0.15, 0.2) is 0 Å². The van der Waals surface area contributed by atoms with Crippen molar-refractivity contribution in [1.29, 1.82) is 0 Å². The zero-order valence-electron chi connectivity index (χ0n) is 11.1. The maximum atomic E-state index is 5.77. The molecule has 1 heterocycles. The molecule has 5 nitrogen and oxygen atoms in total. The van der Waals surface area contributed by atoms with E-state index in [0.29, 0.717) is 24.9 Å². The molecule has 18 heavy (non-hydrogen) atoms. The van der Waals surface area contributed by atoms with E-state index < -0.39 is 0 Å². The summed E-state index contributed by atoms with van der Waals surface area (Å²) in [6.07, 6.45) is 6.92. The zero-order chi connectivity index (χ0) is 12.8. The summed E-state index contributed by atoms with van der Waals surface area (Å²) in [5.41, 5.74) is 5.77. The second-order valence-corrected chi connectivity index (χ2v) is 4.75. The van der Waals surface area contributed by atoms with Crippen LogP contribution in [-0.2, 0) is 11.2 Å². The summed E-state index contributed by atoms with van der Waals surface area (Å²) in [4.78, 5) is 13.0. The maximum Gasteiger partial charge on any atom is 0.223 e. The Morgan fingerprint density at radius 1 is 1.17 bits per heavy atom. The van der Waals surface area contributed by atoms with Crippen LogP contribution in [0.2, 0.25) is 0 Å². The molecule has 0 bridgehead atoms. The van der Waals surface area contributed by atoms with Crippen LogP contribution in [0.5, 0.6) is 0 Å². The second kappa shape index (κ2) is 6.64. The molecular formula is C13H22N4O. The van der Waals surface area contributed by atoms with E-state index in [1.165, 1.54) is 32.1 Å². The molecule has 2 rings (SSSR count). The van der Waals surface area contributed by atoms with Crippen LogP contribution >= 0.6 is 0 Å². The molecule has 0 saturated heterocycles. The molecule has 0 aliphatic heterocycles. The van der Waals surface area contributed by atoms with E-state index in [0.717, 1.165) is 18.3 Å². The highest BCUT2D eigenvalue weighted by Crippen LogP contribution is 2.30. The molecular weight excluding hydrogens is 228 g/mol. The van der Waals surface area contributed by atoms with Gasteiger partial charge in [-0.2, -0.15) is 9.97 Å². The Labute approximate surface area is 108 Å². The minimum absolute atomic E-state index is 0.345. The minimum Gasteiger partial charge on any atom is -0.381 e. The van der Waals surface area contributed by atoms with Crippen LogP contribution in [0, 0.1) is 0 Å². The molecule has 1 aliphatic rings. The van der Waals surface area contributed by atoms with E-state index in [1.807, 2.05) is 6.92 Å². The molecule has 0 atom stereocenters. The Bertz CT molecular complexity index is 377. The van der Waals surface area contributed by atoms with Crippen molar-refractivity contribution in [1.82, 2.24) is 15.0 Å². The van der Waals surface area contributed by atoms with Crippen LogP contribution < -0.4 is 5.73 Å². The summed E-state index contributed by atoms with van der Waals surface area (Å²) in [5.74, 6) is 2.46. The molecule has 0 spiro atoms. The standard InChI is InChI=1S/C13H22N4O/c1-2-18-9-8-11-15-12(17-13(14)16-11)10-6-4-3-5-7-10/h10H,2-9H2,1H3,(H2,14,15,16,17). The van der Waals surface area contributed by atoms with Crippen LogP contribution in [-0.4, -0.2) is 28.2 Å². The second-order valence-electron chi connectivity index (χ2n) is 4.75. The average Bonchev–Trinajstić information content (AvgIpc) is 2.39. The Morgan fingerprint density at radius 2 is 1.94 bits per heavy atom. The fourth-order valence-corrected chi connectivity index (χ4v) is 2.42. The largest absolute Gasteiger partial charge is 0.381 e. The van der Waals surface area contributed by atoms with Crippen molar-refractivity contribution in [2.75, 3.05) is 18.9 Å². The topological polar surface area (TPSA) is 73.9 Å². The first-order valence-electron chi connectivity index (χ1n) is 6.87. The van der Waals surface area contributed by atoms with Crippen molar-refractivity contribution >= 4 is 5.95 Å². The van der Waals surface area contributed by atoms with Gasteiger partial charge in [-0.15, -0.1) is 0 Å². The van der Waals surface area contributed by atoms with E-state index >= 15 is 0 Å². The van der Waals surface area contributed by atoms with E-state index in [2.05, 4.69) is 15.0 Å². The molecule has 0 unspecified atom stereocenters. The van der Waals surface area contributed by atoms with Gasteiger partial charge in [-0.05, 0) is 19.8 Å². The molecule has 2 N–H and O–H groups in total. The van der Waals surface area contributed by atoms with Gasteiger partial charge in [0.15, 0.2) is 0 Å². The molecule has 0 aromatic carbocycles. The summed E-state index contributed by atoms with van der Waals surface area (Å²) in [7, 11) is 0. The molecule has 1 saturated carbocycles. The number of anilines is 1. The van der Waals surface area contributed by atoms with Crippen molar-refractivity contribution in [3.63, 3.8) is 0 Å². The SMILES string of the molecule is CCOCCc1nc(N)nc(C2CCCCC2)n1. The Morgan fingerprint density at radius 3 is 2.67 bits per heavy atom. The number of aromatic nitrogens is 3. The van der Waals surface area contributed by atoms with Gasteiger partial charge in [0, 0.05) is 18.9 Å². The predicted molar refractivity (Wildman–Crippen MR) is 70.3 cm³/mol. The highest BCUT2D eigenvalue weighted by Gasteiger charge is 2.19. The first kappa shape index (κ1) is 13.2. The molecule has 5 heteroatoms. The molecule has 0 radical (unpaired) electrons. The third-order valence-electron chi connectivity index (χ3n) is 3.36. The van der Waals surface area contributed by atoms with Crippen molar-refractivity contribution in [2.45, 2.75) is 51.4 Å². The van der Waals surface area contributed by atoms with Crippen LogP contribution in [0.25, 0.3) is 0 Å². The summed E-state index contributed by atoms with van der Waals surface area (Å²) in [5, 5.41) is 0. The first-order valence-corrected chi connectivity index (χ1v) is 6.87. The van der Waals surface area contributed by atoms with Crippen molar-refractivity contribution in [3.05, 3.63) is 11.6 Å². The fourth-order valence-electron chi connectivity index (χ4n) is 2.42. The molecule has 1 aromatic rings. The molecule has 1 aliphatic carbocycles. The van der Waals surface area contributed by atoms with Gasteiger partial charge in [-0.25, -0.2) is 4.98 Å². The van der Waals surface area contributed by atoms with Gasteiger partial charge in [0.1, 0.15) is 11.6 Å². The lowest BCUT2D eigenvalue weighted by Gasteiger charge is -2.20. The lowest BCUT2D eigenvalue weighted by molar-refractivity contribution is 0.149. The fraction of sp³-hybridized carbons (Fsp3) is 0.769. The number of nitrogen functional groups attached to an aromatic ring is 1. The maximum absolute atomic E-state index is 5.77. The van der Waals surface area contributed by atoms with E-state index in [-0.39, 0.29) is 0 Å². The highest BCUT2D eigenvalue weighted by atomic mass is 16.5. The highest BCUT2D eigenvalue weighted by molar-refractivity contribution is 5.17. The molecule has 100 valence electrons.